The first-order valence-corrected chi connectivity index (χ1v) is 8.72. The summed E-state index contributed by atoms with van der Waals surface area (Å²) in [6.45, 7) is 4.29. The molecule has 5 heteroatoms. The van der Waals surface area contributed by atoms with E-state index in [-0.39, 0.29) is 5.91 Å². The van der Waals surface area contributed by atoms with Gasteiger partial charge in [-0.1, -0.05) is 30.3 Å². The van der Waals surface area contributed by atoms with Gasteiger partial charge >= 0.3 is 0 Å². The number of nitrogens with zero attached hydrogens (tertiary/aromatic N) is 2. The van der Waals surface area contributed by atoms with Gasteiger partial charge in [0, 0.05) is 12.7 Å². The maximum absolute atomic E-state index is 12.2. The highest BCUT2D eigenvalue weighted by Gasteiger charge is 2.14. The van der Waals surface area contributed by atoms with Crippen LogP contribution in [0.1, 0.15) is 18.1 Å². The molecule has 3 rings (SSSR count). The van der Waals surface area contributed by atoms with E-state index < -0.39 is 6.10 Å². The number of para-hydroxylation sites is 1. The topological polar surface area (TPSA) is 56.1 Å². The first-order chi connectivity index (χ1) is 12.6. The van der Waals surface area contributed by atoms with Crippen molar-refractivity contribution < 1.29 is 9.53 Å². The van der Waals surface area contributed by atoms with Gasteiger partial charge in [0.15, 0.2) is 6.10 Å². The van der Waals surface area contributed by atoms with Gasteiger partial charge in [-0.3, -0.25) is 4.79 Å². The summed E-state index contributed by atoms with van der Waals surface area (Å²) in [5, 5.41) is 7.28. The zero-order chi connectivity index (χ0) is 18.4. The lowest BCUT2D eigenvalue weighted by atomic mass is 10.2. The molecule has 0 radical (unpaired) electrons. The van der Waals surface area contributed by atoms with E-state index in [2.05, 4.69) is 10.4 Å². The summed E-state index contributed by atoms with van der Waals surface area (Å²) in [5.41, 5.74) is 3.19. The number of nitrogens with one attached hydrogen (secondary N) is 1. The van der Waals surface area contributed by atoms with Crippen LogP contribution in [0.3, 0.4) is 0 Å². The number of aryl methyl sites for hydroxylation is 1. The van der Waals surface area contributed by atoms with E-state index in [0.717, 1.165) is 23.2 Å². The molecule has 2 aromatic carbocycles. The van der Waals surface area contributed by atoms with Crippen LogP contribution in [0.2, 0.25) is 0 Å². The molecule has 0 aliphatic carbocycles. The van der Waals surface area contributed by atoms with Crippen LogP contribution >= 0.6 is 0 Å². The lowest BCUT2D eigenvalue weighted by Crippen LogP contribution is -2.37. The lowest BCUT2D eigenvalue weighted by Gasteiger charge is -2.14. The van der Waals surface area contributed by atoms with Crippen molar-refractivity contribution in [3.8, 4) is 11.4 Å². The minimum Gasteiger partial charge on any atom is -0.481 e. The van der Waals surface area contributed by atoms with E-state index in [4.69, 9.17) is 4.74 Å². The molecule has 1 N–H and O–H groups in total. The Morgan fingerprint density at radius 1 is 1.19 bits per heavy atom. The normalized spacial score (nSPS) is 11.8. The van der Waals surface area contributed by atoms with Crippen LogP contribution in [-0.4, -0.2) is 28.3 Å². The Morgan fingerprint density at radius 3 is 2.77 bits per heavy atom. The minimum atomic E-state index is -0.538. The number of ether oxygens (including phenoxy) is 1. The highest BCUT2D eigenvalue weighted by atomic mass is 16.5. The second kappa shape index (κ2) is 8.34. The van der Waals surface area contributed by atoms with Gasteiger partial charge in [0.25, 0.3) is 5.91 Å². The molecule has 134 valence electrons. The molecule has 0 aliphatic heterocycles. The largest absolute Gasteiger partial charge is 0.481 e. The van der Waals surface area contributed by atoms with Crippen molar-refractivity contribution in [2.75, 3.05) is 6.54 Å². The third-order valence-corrected chi connectivity index (χ3v) is 4.04. The van der Waals surface area contributed by atoms with E-state index in [1.807, 2.05) is 78.6 Å². The lowest BCUT2D eigenvalue weighted by molar-refractivity contribution is -0.127. The Kier molecular flexibility index (Phi) is 5.69. The summed E-state index contributed by atoms with van der Waals surface area (Å²) >= 11 is 0. The van der Waals surface area contributed by atoms with Crippen LogP contribution in [0, 0.1) is 6.92 Å². The van der Waals surface area contributed by atoms with Crippen LogP contribution in [0.25, 0.3) is 5.69 Å². The number of benzene rings is 2. The van der Waals surface area contributed by atoms with Crippen molar-refractivity contribution in [1.82, 2.24) is 15.1 Å². The van der Waals surface area contributed by atoms with E-state index in [1.54, 1.807) is 6.92 Å². The molecule has 1 aromatic heterocycles. The Hall–Kier alpha value is -3.08. The molecule has 1 heterocycles. The average Bonchev–Trinajstić information content (AvgIpc) is 3.11. The van der Waals surface area contributed by atoms with Gasteiger partial charge in [0.05, 0.1) is 11.9 Å². The van der Waals surface area contributed by atoms with Crippen molar-refractivity contribution in [1.29, 1.82) is 0 Å². The molecule has 1 amide bonds. The summed E-state index contributed by atoms with van der Waals surface area (Å²) < 4.78 is 7.53. The molecule has 5 nitrogen and oxygen atoms in total. The fraction of sp³-hybridized carbons (Fsp3) is 0.238. The molecule has 0 bridgehead atoms. The highest BCUT2D eigenvalue weighted by Crippen LogP contribution is 2.14. The summed E-state index contributed by atoms with van der Waals surface area (Å²) in [7, 11) is 0. The predicted octanol–water partition coefficient (Wildman–Crippen LogP) is 3.31. The first-order valence-electron chi connectivity index (χ1n) is 8.72. The van der Waals surface area contributed by atoms with Crippen molar-refractivity contribution in [2.45, 2.75) is 26.4 Å². The number of amides is 1. The van der Waals surface area contributed by atoms with E-state index in [1.165, 1.54) is 0 Å². The zero-order valence-electron chi connectivity index (χ0n) is 15.1. The molecule has 0 fully saturated rings. The summed E-state index contributed by atoms with van der Waals surface area (Å²) in [5.74, 6) is 0.582. The van der Waals surface area contributed by atoms with Crippen LogP contribution in [0.5, 0.6) is 5.75 Å². The SMILES string of the molecule is Cc1cccc(OC(C)C(=O)NCCc2cnn(-c3ccccc3)c2)c1. The molecule has 0 spiro atoms. The summed E-state index contributed by atoms with van der Waals surface area (Å²) in [6, 6.07) is 17.6. The van der Waals surface area contributed by atoms with Gasteiger partial charge < -0.3 is 10.1 Å². The third kappa shape index (κ3) is 4.72. The van der Waals surface area contributed by atoms with Gasteiger partial charge in [-0.05, 0) is 55.7 Å². The average molecular weight is 349 g/mol. The monoisotopic (exact) mass is 349 g/mol. The van der Waals surface area contributed by atoms with E-state index >= 15 is 0 Å². The molecule has 3 aromatic rings. The first kappa shape index (κ1) is 17.7. The smallest absolute Gasteiger partial charge is 0.260 e. The van der Waals surface area contributed by atoms with Crippen LogP contribution in [0.4, 0.5) is 0 Å². The van der Waals surface area contributed by atoms with Crippen molar-refractivity contribution in [3.05, 3.63) is 78.1 Å². The maximum atomic E-state index is 12.2. The van der Waals surface area contributed by atoms with Gasteiger partial charge in [-0.25, -0.2) is 4.68 Å². The van der Waals surface area contributed by atoms with Crippen LogP contribution < -0.4 is 10.1 Å². The second-order valence-corrected chi connectivity index (χ2v) is 6.25. The van der Waals surface area contributed by atoms with E-state index in [9.17, 15) is 4.79 Å². The summed E-state index contributed by atoms with van der Waals surface area (Å²) in [4.78, 5) is 12.2. The number of aromatic nitrogens is 2. The number of hydrogen-bond acceptors (Lipinski definition) is 3. The van der Waals surface area contributed by atoms with Crippen LogP contribution in [-0.2, 0) is 11.2 Å². The number of carbonyl (C=O) groups is 1. The van der Waals surface area contributed by atoms with Crippen molar-refractivity contribution in [3.63, 3.8) is 0 Å². The highest BCUT2D eigenvalue weighted by molar-refractivity contribution is 5.80. The quantitative estimate of drug-likeness (QED) is 0.712. The molecular formula is C21H23N3O2. The molecule has 26 heavy (non-hydrogen) atoms. The molecule has 0 aliphatic rings. The van der Waals surface area contributed by atoms with Crippen molar-refractivity contribution in [2.24, 2.45) is 0 Å². The number of hydrogen-bond donors (Lipinski definition) is 1. The standard InChI is InChI=1S/C21H23N3O2/c1-16-7-6-10-20(13-16)26-17(2)21(25)22-12-11-18-14-23-24(15-18)19-8-4-3-5-9-19/h3-10,13-15,17H,11-12H2,1-2H3,(H,22,25). The maximum Gasteiger partial charge on any atom is 0.260 e. The molecule has 0 saturated carbocycles. The Labute approximate surface area is 153 Å². The Balaban J connectivity index is 1.47. The number of rotatable bonds is 7. The fourth-order valence-electron chi connectivity index (χ4n) is 2.63. The Morgan fingerprint density at radius 2 is 2.00 bits per heavy atom. The van der Waals surface area contributed by atoms with E-state index in [0.29, 0.717) is 12.3 Å². The predicted molar refractivity (Wildman–Crippen MR) is 102 cm³/mol. The molecule has 0 saturated heterocycles. The fourth-order valence-corrected chi connectivity index (χ4v) is 2.63. The molecule has 1 atom stereocenters. The van der Waals surface area contributed by atoms with Crippen LogP contribution in [0.15, 0.2) is 67.0 Å². The van der Waals surface area contributed by atoms with Gasteiger partial charge in [-0.2, -0.15) is 5.10 Å². The Bertz CT molecular complexity index is 858. The second-order valence-electron chi connectivity index (χ2n) is 6.25. The third-order valence-electron chi connectivity index (χ3n) is 4.04. The number of carbonyl (C=O) groups excluding carboxylic acids is 1. The molecule has 1 unspecified atom stereocenters. The van der Waals surface area contributed by atoms with Gasteiger partial charge in [0.1, 0.15) is 5.75 Å². The van der Waals surface area contributed by atoms with Gasteiger partial charge in [-0.15, -0.1) is 0 Å². The summed E-state index contributed by atoms with van der Waals surface area (Å²) in [6.07, 6.45) is 3.99. The minimum absolute atomic E-state index is 0.123. The zero-order valence-corrected chi connectivity index (χ0v) is 15.1. The molecular weight excluding hydrogens is 326 g/mol. The van der Waals surface area contributed by atoms with Crippen molar-refractivity contribution >= 4 is 5.91 Å². The van der Waals surface area contributed by atoms with Gasteiger partial charge in [0.2, 0.25) is 0 Å².